The summed E-state index contributed by atoms with van der Waals surface area (Å²) in [6.07, 6.45) is 1.41. The summed E-state index contributed by atoms with van der Waals surface area (Å²) in [5.74, 6) is -0.419. The summed E-state index contributed by atoms with van der Waals surface area (Å²) in [7, 11) is 0. The van der Waals surface area contributed by atoms with E-state index in [-0.39, 0.29) is 30.0 Å². The Morgan fingerprint density at radius 1 is 1.36 bits per heavy atom. The first-order chi connectivity index (χ1) is 11.9. The van der Waals surface area contributed by atoms with Crippen LogP contribution in [0.1, 0.15) is 25.3 Å². The van der Waals surface area contributed by atoms with Crippen LogP contribution >= 0.6 is 0 Å². The standard InChI is InChI=1S/C17H23N3O5/c1-3-25-17(22)13-6-8-19(9-7-13)11-16(21)18-15-10-14(20(23)24)5-4-12(15)2/h4-5,10,13H,3,6-9,11H2,1-2H3,(H,18,21)/p+1. The molecule has 1 amide bonds. The van der Waals surface area contributed by atoms with Gasteiger partial charge in [0.05, 0.1) is 36.2 Å². The largest absolute Gasteiger partial charge is 0.466 e. The van der Waals surface area contributed by atoms with Crippen LogP contribution in [-0.4, -0.2) is 43.0 Å². The van der Waals surface area contributed by atoms with Crippen molar-refractivity contribution in [1.82, 2.24) is 0 Å². The van der Waals surface area contributed by atoms with Gasteiger partial charge in [-0.15, -0.1) is 0 Å². The molecule has 1 aliphatic rings. The van der Waals surface area contributed by atoms with Crippen LogP contribution in [0, 0.1) is 23.0 Å². The van der Waals surface area contributed by atoms with Crippen molar-refractivity contribution in [3.05, 3.63) is 33.9 Å². The van der Waals surface area contributed by atoms with Crippen LogP contribution in [0.4, 0.5) is 11.4 Å². The maximum Gasteiger partial charge on any atom is 0.309 e. The van der Waals surface area contributed by atoms with Crippen molar-refractivity contribution < 1.29 is 24.1 Å². The minimum absolute atomic E-state index is 0.0523. The van der Waals surface area contributed by atoms with E-state index in [1.54, 1.807) is 19.9 Å². The van der Waals surface area contributed by atoms with Gasteiger partial charge in [0.15, 0.2) is 6.54 Å². The number of non-ortho nitro benzene ring substituents is 1. The summed E-state index contributed by atoms with van der Waals surface area (Å²) >= 11 is 0. The number of rotatable bonds is 6. The van der Waals surface area contributed by atoms with Crippen LogP contribution in [0.5, 0.6) is 0 Å². The number of nitrogens with zero attached hydrogens (tertiary/aromatic N) is 1. The number of piperidine rings is 1. The van der Waals surface area contributed by atoms with Crippen LogP contribution in [0.3, 0.4) is 0 Å². The normalized spacial score (nSPS) is 19.9. The van der Waals surface area contributed by atoms with E-state index in [0.29, 0.717) is 25.1 Å². The van der Waals surface area contributed by atoms with Crippen molar-refractivity contribution in [2.75, 3.05) is 31.6 Å². The van der Waals surface area contributed by atoms with Crippen molar-refractivity contribution in [2.24, 2.45) is 5.92 Å². The molecule has 1 saturated heterocycles. The number of hydrogen-bond acceptors (Lipinski definition) is 5. The van der Waals surface area contributed by atoms with Gasteiger partial charge in [0.2, 0.25) is 0 Å². The zero-order valence-corrected chi connectivity index (χ0v) is 14.5. The van der Waals surface area contributed by atoms with Crippen LogP contribution in [0.2, 0.25) is 0 Å². The number of quaternary nitrogens is 1. The Hall–Kier alpha value is -2.48. The summed E-state index contributed by atoms with van der Waals surface area (Å²) in [6.45, 7) is 5.69. The van der Waals surface area contributed by atoms with E-state index in [2.05, 4.69) is 5.32 Å². The lowest BCUT2D eigenvalue weighted by atomic mass is 9.97. The maximum atomic E-state index is 12.2. The van der Waals surface area contributed by atoms with E-state index in [1.165, 1.54) is 12.1 Å². The van der Waals surface area contributed by atoms with Crippen LogP contribution in [0.25, 0.3) is 0 Å². The number of nitro benzene ring substituents is 1. The Labute approximate surface area is 146 Å². The zero-order chi connectivity index (χ0) is 18.4. The first-order valence-corrected chi connectivity index (χ1v) is 8.45. The fourth-order valence-corrected chi connectivity index (χ4v) is 2.98. The number of nitro groups is 1. The fraction of sp³-hybridized carbons (Fsp3) is 0.529. The molecule has 1 aromatic carbocycles. The number of benzene rings is 1. The molecule has 0 aliphatic carbocycles. The molecule has 136 valence electrons. The second-order valence-electron chi connectivity index (χ2n) is 6.26. The molecular weight excluding hydrogens is 326 g/mol. The minimum Gasteiger partial charge on any atom is -0.466 e. The number of anilines is 1. The Bertz CT molecular complexity index is 654. The monoisotopic (exact) mass is 350 g/mol. The number of aryl methyl sites for hydroxylation is 1. The molecule has 1 fully saturated rings. The molecule has 25 heavy (non-hydrogen) atoms. The zero-order valence-electron chi connectivity index (χ0n) is 14.5. The summed E-state index contributed by atoms with van der Waals surface area (Å²) in [5, 5.41) is 13.6. The SMILES string of the molecule is CCOC(=O)C1CC[NH+](CC(=O)Nc2cc([N+](=O)[O-])ccc2C)CC1. The van der Waals surface area contributed by atoms with Gasteiger partial charge in [0.25, 0.3) is 11.6 Å². The molecular formula is C17H24N3O5+. The summed E-state index contributed by atoms with van der Waals surface area (Å²) in [6, 6.07) is 4.40. The number of esters is 1. The quantitative estimate of drug-likeness (QED) is 0.447. The van der Waals surface area contributed by atoms with E-state index in [0.717, 1.165) is 23.6 Å². The lowest BCUT2D eigenvalue weighted by Crippen LogP contribution is -3.14. The van der Waals surface area contributed by atoms with Gasteiger partial charge < -0.3 is 15.0 Å². The molecule has 0 unspecified atom stereocenters. The van der Waals surface area contributed by atoms with Crippen LogP contribution in [0.15, 0.2) is 18.2 Å². The highest BCUT2D eigenvalue weighted by molar-refractivity contribution is 5.92. The topological polar surface area (TPSA) is 103 Å². The van der Waals surface area contributed by atoms with Gasteiger partial charge in [0, 0.05) is 25.0 Å². The molecule has 0 bridgehead atoms. The van der Waals surface area contributed by atoms with E-state index in [1.807, 2.05) is 0 Å². The molecule has 0 spiro atoms. The Balaban J connectivity index is 1.86. The molecule has 8 heteroatoms. The average Bonchev–Trinajstić information content (AvgIpc) is 2.57. The summed E-state index contributed by atoms with van der Waals surface area (Å²) in [4.78, 5) is 35.4. The molecule has 2 N–H and O–H groups in total. The molecule has 0 aromatic heterocycles. The van der Waals surface area contributed by atoms with Gasteiger partial charge in [0.1, 0.15) is 0 Å². The summed E-state index contributed by atoms with van der Waals surface area (Å²) in [5.41, 5.74) is 1.18. The third kappa shape index (κ3) is 5.25. The Kier molecular flexibility index (Phi) is 6.46. The molecule has 8 nitrogen and oxygen atoms in total. The maximum absolute atomic E-state index is 12.2. The second-order valence-corrected chi connectivity index (χ2v) is 6.26. The predicted molar refractivity (Wildman–Crippen MR) is 91.4 cm³/mol. The molecule has 1 aromatic rings. The third-order valence-corrected chi connectivity index (χ3v) is 4.43. The van der Waals surface area contributed by atoms with E-state index in [9.17, 15) is 19.7 Å². The van der Waals surface area contributed by atoms with Crippen molar-refractivity contribution in [3.63, 3.8) is 0 Å². The lowest BCUT2D eigenvalue weighted by Gasteiger charge is -2.27. The van der Waals surface area contributed by atoms with E-state index < -0.39 is 4.92 Å². The molecule has 1 aliphatic heterocycles. The number of carbonyl (C=O) groups excluding carboxylic acids is 2. The van der Waals surface area contributed by atoms with E-state index in [4.69, 9.17) is 4.74 Å². The number of ether oxygens (including phenoxy) is 1. The van der Waals surface area contributed by atoms with Gasteiger partial charge >= 0.3 is 5.97 Å². The minimum atomic E-state index is -0.486. The van der Waals surface area contributed by atoms with Crippen LogP contribution < -0.4 is 10.2 Å². The lowest BCUT2D eigenvalue weighted by molar-refractivity contribution is -0.897. The molecule has 0 radical (unpaired) electrons. The first kappa shape index (κ1) is 18.9. The van der Waals surface area contributed by atoms with Gasteiger partial charge in [-0.1, -0.05) is 6.07 Å². The number of amides is 1. The summed E-state index contributed by atoms with van der Waals surface area (Å²) < 4.78 is 5.04. The highest BCUT2D eigenvalue weighted by atomic mass is 16.6. The number of hydrogen-bond donors (Lipinski definition) is 2. The molecule has 0 atom stereocenters. The molecule has 2 rings (SSSR count). The number of likely N-dealkylation sites (tertiary alicyclic amines) is 1. The average molecular weight is 350 g/mol. The highest BCUT2D eigenvalue weighted by Gasteiger charge is 2.29. The number of nitrogens with one attached hydrogen (secondary N) is 2. The highest BCUT2D eigenvalue weighted by Crippen LogP contribution is 2.21. The van der Waals surface area contributed by atoms with Crippen molar-refractivity contribution in [1.29, 1.82) is 0 Å². The fourth-order valence-electron chi connectivity index (χ4n) is 2.98. The van der Waals surface area contributed by atoms with E-state index >= 15 is 0 Å². The smallest absolute Gasteiger partial charge is 0.309 e. The predicted octanol–water partition coefficient (Wildman–Crippen LogP) is 0.700. The van der Waals surface area contributed by atoms with Gasteiger partial charge in [-0.25, -0.2) is 0 Å². The first-order valence-electron chi connectivity index (χ1n) is 8.45. The number of carbonyl (C=O) groups is 2. The van der Waals surface area contributed by atoms with Crippen molar-refractivity contribution in [2.45, 2.75) is 26.7 Å². The second kappa shape index (κ2) is 8.57. The van der Waals surface area contributed by atoms with Gasteiger partial charge in [-0.05, 0) is 19.4 Å². The molecule has 0 saturated carbocycles. The Morgan fingerprint density at radius 2 is 2.04 bits per heavy atom. The molecule has 1 heterocycles. The Morgan fingerprint density at radius 3 is 2.64 bits per heavy atom. The van der Waals surface area contributed by atoms with Gasteiger partial charge in [-0.3, -0.25) is 19.7 Å². The van der Waals surface area contributed by atoms with Crippen molar-refractivity contribution >= 4 is 23.3 Å². The third-order valence-electron chi connectivity index (χ3n) is 4.43. The van der Waals surface area contributed by atoms with Crippen molar-refractivity contribution in [3.8, 4) is 0 Å². The van der Waals surface area contributed by atoms with Crippen LogP contribution in [-0.2, 0) is 14.3 Å². The van der Waals surface area contributed by atoms with Gasteiger partial charge in [-0.2, -0.15) is 0 Å².